The molecule has 0 amide bonds. The van der Waals surface area contributed by atoms with E-state index in [1.54, 1.807) is 11.3 Å². The number of thiophene rings is 1. The van der Waals surface area contributed by atoms with Gasteiger partial charge in [0, 0.05) is 60.6 Å². The summed E-state index contributed by atoms with van der Waals surface area (Å²) in [6.45, 7) is 10.2. The van der Waals surface area contributed by atoms with Crippen LogP contribution in [0.3, 0.4) is 0 Å². The summed E-state index contributed by atoms with van der Waals surface area (Å²) in [6.07, 6.45) is 5.93. The van der Waals surface area contributed by atoms with Gasteiger partial charge in [0.15, 0.2) is 6.10 Å². The van der Waals surface area contributed by atoms with Crippen molar-refractivity contribution in [1.82, 2.24) is 9.80 Å². The van der Waals surface area contributed by atoms with Gasteiger partial charge in [0.2, 0.25) is 0 Å². The number of aliphatic carboxylic acids is 1. The van der Waals surface area contributed by atoms with Crippen LogP contribution in [0.25, 0.3) is 0 Å². The molecule has 1 aromatic carbocycles. The fraction of sp³-hybridized carbons (Fsp3) is 0.645. The van der Waals surface area contributed by atoms with Crippen molar-refractivity contribution in [2.24, 2.45) is 11.3 Å². The van der Waals surface area contributed by atoms with E-state index in [2.05, 4.69) is 40.5 Å². The van der Waals surface area contributed by atoms with Crippen LogP contribution in [0.2, 0.25) is 10.0 Å². The number of benzene rings is 1. The first-order valence-corrected chi connectivity index (χ1v) is 16.3. The summed E-state index contributed by atoms with van der Waals surface area (Å²) in [6, 6.07) is 8.09. The third-order valence-electron chi connectivity index (χ3n) is 9.48. The third-order valence-corrected chi connectivity index (χ3v) is 10.8. The SMILES string of the molecule is CCCC1(CCC)CC2(CCN(C[C@H]3CN(Cc4ccc(Cl)cc4Cl)C[C@@H]3c3ccsc3)CC2)OC1C(=O)O. The van der Waals surface area contributed by atoms with E-state index in [4.69, 9.17) is 27.9 Å². The highest BCUT2D eigenvalue weighted by Crippen LogP contribution is 2.54. The molecule has 1 spiro atoms. The zero-order chi connectivity index (χ0) is 27.6. The number of hydrogen-bond donors (Lipinski definition) is 1. The highest BCUT2D eigenvalue weighted by Gasteiger charge is 2.58. The Kier molecular flexibility index (Phi) is 9.32. The van der Waals surface area contributed by atoms with Crippen LogP contribution in [-0.4, -0.2) is 65.3 Å². The van der Waals surface area contributed by atoms with Gasteiger partial charge in [0.1, 0.15) is 0 Å². The van der Waals surface area contributed by atoms with Crippen LogP contribution in [0.15, 0.2) is 35.0 Å². The van der Waals surface area contributed by atoms with Crippen molar-refractivity contribution in [3.05, 3.63) is 56.2 Å². The van der Waals surface area contributed by atoms with Gasteiger partial charge in [-0.25, -0.2) is 4.79 Å². The molecule has 3 aliphatic rings. The molecular formula is C31H42Cl2N2O3S. The predicted octanol–water partition coefficient (Wildman–Crippen LogP) is 7.57. The number of nitrogens with zero attached hydrogens (tertiary/aromatic N) is 2. The first-order valence-electron chi connectivity index (χ1n) is 14.6. The molecule has 3 saturated heterocycles. The van der Waals surface area contributed by atoms with Crippen molar-refractivity contribution >= 4 is 40.5 Å². The highest BCUT2D eigenvalue weighted by molar-refractivity contribution is 7.08. The standard InChI is InChI=1S/C31H42Cl2N2O3S/c1-3-8-30(9-4-2)21-31(38-28(30)29(36)37)10-12-34(13-11-31)17-24-18-35(19-26(24)23-7-14-39-20-23)16-22-5-6-25(32)15-27(22)33/h5-7,14-15,20,24,26,28H,3-4,8-13,16-19,21H2,1-2H3,(H,36,37)/t24-,26+,28?/m0/s1. The smallest absolute Gasteiger partial charge is 0.333 e. The molecule has 1 aromatic heterocycles. The average molecular weight is 594 g/mol. The summed E-state index contributed by atoms with van der Waals surface area (Å²) in [4.78, 5) is 17.4. The number of hydrogen-bond acceptors (Lipinski definition) is 5. The number of rotatable bonds is 10. The molecule has 5 rings (SSSR count). The minimum absolute atomic E-state index is 0.226. The summed E-state index contributed by atoms with van der Waals surface area (Å²) < 4.78 is 6.52. The molecule has 214 valence electrons. The first kappa shape index (κ1) is 29.3. The number of piperidine rings is 1. The molecule has 5 nitrogen and oxygen atoms in total. The van der Waals surface area contributed by atoms with E-state index < -0.39 is 12.1 Å². The molecule has 0 saturated carbocycles. The van der Waals surface area contributed by atoms with Crippen molar-refractivity contribution in [2.45, 2.75) is 83.0 Å². The van der Waals surface area contributed by atoms with E-state index in [0.717, 1.165) is 94.8 Å². The quantitative estimate of drug-likeness (QED) is 0.308. The van der Waals surface area contributed by atoms with Crippen LogP contribution < -0.4 is 0 Å². The molecule has 1 unspecified atom stereocenters. The molecule has 39 heavy (non-hydrogen) atoms. The summed E-state index contributed by atoms with van der Waals surface area (Å²) >= 11 is 14.4. The van der Waals surface area contributed by atoms with Gasteiger partial charge in [-0.05, 0) is 78.1 Å². The Labute approximate surface area is 247 Å². The lowest BCUT2D eigenvalue weighted by Gasteiger charge is -2.40. The van der Waals surface area contributed by atoms with Gasteiger partial charge in [0.05, 0.1) is 5.60 Å². The van der Waals surface area contributed by atoms with E-state index in [1.807, 2.05) is 18.2 Å². The summed E-state index contributed by atoms with van der Waals surface area (Å²) in [7, 11) is 0. The van der Waals surface area contributed by atoms with Gasteiger partial charge in [-0.3, -0.25) is 4.90 Å². The molecule has 8 heteroatoms. The number of ether oxygens (including phenoxy) is 1. The Hall–Kier alpha value is -1.15. The lowest BCUT2D eigenvalue weighted by atomic mass is 9.69. The monoisotopic (exact) mass is 592 g/mol. The number of likely N-dealkylation sites (tertiary alicyclic amines) is 2. The van der Waals surface area contributed by atoms with Crippen molar-refractivity contribution in [1.29, 1.82) is 0 Å². The van der Waals surface area contributed by atoms with E-state index >= 15 is 0 Å². The van der Waals surface area contributed by atoms with Gasteiger partial charge < -0.3 is 14.7 Å². The zero-order valence-electron chi connectivity index (χ0n) is 23.2. The maximum atomic E-state index is 12.3. The van der Waals surface area contributed by atoms with E-state index in [-0.39, 0.29) is 11.0 Å². The number of halogens is 2. The molecule has 0 bridgehead atoms. The summed E-state index contributed by atoms with van der Waals surface area (Å²) in [5.74, 6) is 0.260. The topological polar surface area (TPSA) is 53.0 Å². The predicted molar refractivity (Wildman–Crippen MR) is 160 cm³/mol. The highest BCUT2D eigenvalue weighted by atomic mass is 35.5. The van der Waals surface area contributed by atoms with E-state index in [0.29, 0.717) is 16.9 Å². The van der Waals surface area contributed by atoms with Gasteiger partial charge in [-0.1, -0.05) is 56.0 Å². The number of carboxylic acid groups (broad SMARTS) is 1. The second-order valence-corrected chi connectivity index (χ2v) is 13.8. The lowest BCUT2D eigenvalue weighted by molar-refractivity contribution is -0.163. The lowest BCUT2D eigenvalue weighted by Crippen LogP contribution is -2.46. The summed E-state index contributed by atoms with van der Waals surface area (Å²) in [5.41, 5.74) is 2.05. The molecule has 3 fully saturated rings. The molecule has 3 atom stereocenters. The van der Waals surface area contributed by atoms with Gasteiger partial charge >= 0.3 is 5.97 Å². The summed E-state index contributed by atoms with van der Waals surface area (Å²) in [5, 5.41) is 16.0. The molecule has 0 radical (unpaired) electrons. The fourth-order valence-electron chi connectivity index (χ4n) is 7.82. The Morgan fingerprint density at radius 3 is 2.46 bits per heavy atom. The average Bonchev–Trinajstić information content (AvgIpc) is 3.62. The number of carboxylic acids is 1. The normalized spacial score (nSPS) is 26.9. The van der Waals surface area contributed by atoms with Gasteiger partial charge in [-0.15, -0.1) is 0 Å². The maximum Gasteiger partial charge on any atom is 0.333 e. The minimum atomic E-state index is -0.776. The van der Waals surface area contributed by atoms with Gasteiger partial charge in [-0.2, -0.15) is 11.3 Å². The van der Waals surface area contributed by atoms with Crippen LogP contribution in [0.1, 0.15) is 75.8 Å². The van der Waals surface area contributed by atoms with Crippen molar-refractivity contribution in [2.75, 3.05) is 32.7 Å². The van der Waals surface area contributed by atoms with Crippen molar-refractivity contribution in [3.8, 4) is 0 Å². The van der Waals surface area contributed by atoms with E-state index in [1.165, 1.54) is 5.56 Å². The van der Waals surface area contributed by atoms with E-state index in [9.17, 15) is 9.90 Å². The van der Waals surface area contributed by atoms with Crippen LogP contribution in [0.5, 0.6) is 0 Å². The van der Waals surface area contributed by atoms with Crippen molar-refractivity contribution in [3.63, 3.8) is 0 Å². The molecule has 3 aliphatic heterocycles. The molecule has 0 aliphatic carbocycles. The Morgan fingerprint density at radius 1 is 1.10 bits per heavy atom. The Balaban J connectivity index is 1.25. The Bertz CT molecular complexity index is 1110. The van der Waals surface area contributed by atoms with Crippen molar-refractivity contribution < 1.29 is 14.6 Å². The first-order chi connectivity index (χ1) is 18.8. The van der Waals surface area contributed by atoms with Gasteiger partial charge in [0.25, 0.3) is 0 Å². The maximum absolute atomic E-state index is 12.3. The fourth-order valence-corrected chi connectivity index (χ4v) is 9.01. The second kappa shape index (κ2) is 12.4. The molecular weight excluding hydrogens is 551 g/mol. The largest absolute Gasteiger partial charge is 0.479 e. The van der Waals surface area contributed by atoms with Crippen LogP contribution in [0, 0.1) is 11.3 Å². The molecule has 1 N–H and O–H groups in total. The Morgan fingerprint density at radius 2 is 1.85 bits per heavy atom. The van der Waals surface area contributed by atoms with Crippen LogP contribution in [-0.2, 0) is 16.1 Å². The minimum Gasteiger partial charge on any atom is -0.479 e. The zero-order valence-corrected chi connectivity index (χ0v) is 25.5. The molecule has 4 heterocycles. The third kappa shape index (κ3) is 6.37. The number of carbonyl (C=O) groups is 1. The second-order valence-electron chi connectivity index (χ2n) is 12.2. The van der Waals surface area contributed by atoms with Crippen LogP contribution in [0.4, 0.5) is 0 Å². The molecule has 2 aromatic rings. The van der Waals surface area contributed by atoms with Crippen LogP contribution >= 0.6 is 34.5 Å².